The third-order valence-corrected chi connectivity index (χ3v) is 3.40. The number of hydrazine groups is 1. The molecule has 0 saturated heterocycles. The van der Waals surface area contributed by atoms with E-state index < -0.39 is 17.6 Å². The molecule has 0 fully saturated rings. The van der Waals surface area contributed by atoms with Crippen LogP contribution in [0, 0.1) is 19.7 Å². The van der Waals surface area contributed by atoms with Gasteiger partial charge in [0.1, 0.15) is 5.82 Å². The topological polar surface area (TPSA) is 101 Å². The Morgan fingerprint density at radius 3 is 2.56 bits per heavy atom. The zero-order chi connectivity index (χ0) is 18.0. The van der Waals surface area contributed by atoms with Crippen LogP contribution in [0.2, 0.25) is 0 Å². The average molecular weight is 342 g/mol. The summed E-state index contributed by atoms with van der Waals surface area (Å²) in [5, 5.41) is 4.22. The Balaban J connectivity index is 1.62. The Hall–Kier alpha value is -3.36. The van der Waals surface area contributed by atoms with E-state index in [1.54, 1.807) is 4.52 Å². The van der Waals surface area contributed by atoms with E-state index in [1.165, 1.54) is 12.1 Å². The van der Waals surface area contributed by atoms with Gasteiger partial charge in [-0.2, -0.15) is 4.98 Å². The molecule has 2 aromatic heterocycles. The number of fused-ring (bicyclic) bond motifs is 1. The van der Waals surface area contributed by atoms with E-state index >= 15 is 0 Å². The van der Waals surface area contributed by atoms with E-state index in [0.29, 0.717) is 5.78 Å². The summed E-state index contributed by atoms with van der Waals surface area (Å²) in [5.74, 6) is -0.784. The van der Waals surface area contributed by atoms with E-state index in [0.717, 1.165) is 23.5 Å². The highest BCUT2D eigenvalue weighted by molar-refractivity contribution is 5.95. The zero-order valence-electron chi connectivity index (χ0n) is 13.6. The molecule has 0 spiro atoms. The molecule has 0 aliphatic heterocycles. The van der Waals surface area contributed by atoms with Crippen molar-refractivity contribution < 1.29 is 14.0 Å². The number of halogens is 1. The normalized spacial score (nSPS) is 10.7. The second-order valence-electron chi connectivity index (χ2n) is 5.46. The van der Waals surface area contributed by atoms with Crippen LogP contribution >= 0.6 is 0 Å². The maximum absolute atomic E-state index is 12.8. The summed E-state index contributed by atoms with van der Waals surface area (Å²) < 4.78 is 14.4. The van der Waals surface area contributed by atoms with Gasteiger partial charge in [0.05, 0.1) is 6.42 Å². The van der Waals surface area contributed by atoms with Gasteiger partial charge in [0.15, 0.2) is 5.82 Å². The zero-order valence-corrected chi connectivity index (χ0v) is 13.6. The number of carbonyl (C=O) groups is 2. The second kappa shape index (κ2) is 6.63. The maximum Gasteiger partial charge on any atom is 0.269 e. The molecule has 0 atom stereocenters. The van der Waals surface area contributed by atoms with Gasteiger partial charge >= 0.3 is 0 Å². The fourth-order valence-corrected chi connectivity index (χ4v) is 2.27. The fourth-order valence-electron chi connectivity index (χ4n) is 2.27. The molecule has 2 N–H and O–H groups in total. The van der Waals surface area contributed by atoms with Crippen LogP contribution in [0.1, 0.15) is 27.6 Å². The molecule has 0 aliphatic carbocycles. The van der Waals surface area contributed by atoms with E-state index in [-0.39, 0.29) is 17.8 Å². The van der Waals surface area contributed by atoms with Crippen LogP contribution in [0.25, 0.3) is 5.78 Å². The smallest absolute Gasteiger partial charge is 0.269 e. The van der Waals surface area contributed by atoms with Crippen molar-refractivity contribution >= 4 is 17.6 Å². The minimum Gasteiger partial charge on any atom is -0.273 e. The molecule has 3 rings (SSSR count). The van der Waals surface area contributed by atoms with E-state index in [1.807, 2.05) is 19.9 Å². The van der Waals surface area contributed by atoms with Crippen molar-refractivity contribution in [3.63, 3.8) is 0 Å². The lowest BCUT2D eigenvalue weighted by Gasteiger charge is -2.06. The molecule has 2 amide bonds. The summed E-state index contributed by atoms with van der Waals surface area (Å²) in [6, 6.07) is 6.81. The molecule has 0 unspecified atom stereocenters. The standard InChI is InChI=1S/C16H15FN6O2/c1-9-7-10(2)23-16(18-9)19-13(22-23)8-14(24)20-21-15(25)11-3-5-12(17)6-4-11/h3-7H,8H2,1-2H3,(H,20,24)(H,21,25). The molecular weight excluding hydrogens is 327 g/mol. The number of nitrogens with one attached hydrogen (secondary N) is 2. The summed E-state index contributed by atoms with van der Waals surface area (Å²) in [7, 11) is 0. The highest BCUT2D eigenvalue weighted by Gasteiger charge is 2.13. The minimum atomic E-state index is -0.551. The number of benzene rings is 1. The van der Waals surface area contributed by atoms with Gasteiger partial charge in [0.25, 0.3) is 11.7 Å². The van der Waals surface area contributed by atoms with Crippen molar-refractivity contribution in [2.24, 2.45) is 0 Å². The molecule has 2 heterocycles. The summed E-state index contributed by atoms with van der Waals surface area (Å²) in [6.07, 6.45) is -0.119. The fraction of sp³-hybridized carbons (Fsp3) is 0.188. The summed E-state index contributed by atoms with van der Waals surface area (Å²) >= 11 is 0. The molecule has 0 radical (unpaired) electrons. The van der Waals surface area contributed by atoms with E-state index in [2.05, 4.69) is 25.9 Å². The Labute approximate surface area is 142 Å². The number of amides is 2. The first-order valence-electron chi connectivity index (χ1n) is 7.47. The predicted molar refractivity (Wildman–Crippen MR) is 86.0 cm³/mol. The molecule has 0 bridgehead atoms. The first-order chi connectivity index (χ1) is 11.9. The number of aromatic nitrogens is 4. The van der Waals surface area contributed by atoms with Gasteiger partial charge in [-0.05, 0) is 44.2 Å². The summed E-state index contributed by atoms with van der Waals surface area (Å²) in [4.78, 5) is 32.2. The number of nitrogens with zero attached hydrogens (tertiary/aromatic N) is 4. The van der Waals surface area contributed by atoms with Gasteiger partial charge in [-0.3, -0.25) is 20.4 Å². The average Bonchev–Trinajstić information content (AvgIpc) is 2.96. The molecule has 0 saturated carbocycles. The molecule has 1 aromatic carbocycles. The van der Waals surface area contributed by atoms with Gasteiger partial charge in [0, 0.05) is 17.0 Å². The molecule has 25 heavy (non-hydrogen) atoms. The molecule has 8 nitrogen and oxygen atoms in total. The molecule has 3 aromatic rings. The highest BCUT2D eigenvalue weighted by Crippen LogP contribution is 2.06. The third-order valence-electron chi connectivity index (χ3n) is 3.40. The first-order valence-corrected chi connectivity index (χ1v) is 7.47. The predicted octanol–water partition coefficient (Wildman–Crippen LogP) is 0.884. The lowest BCUT2D eigenvalue weighted by Crippen LogP contribution is -2.42. The first kappa shape index (κ1) is 16.5. The van der Waals surface area contributed by atoms with Crippen LogP contribution in [0.3, 0.4) is 0 Å². The molecule has 9 heteroatoms. The minimum absolute atomic E-state index is 0.119. The van der Waals surface area contributed by atoms with Crippen LogP contribution in [0.4, 0.5) is 4.39 Å². The van der Waals surface area contributed by atoms with Gasteiger partial charge < -0.3 is 0 Å². The maximum atomic E-state index is 12.8. The molecule has 0 aliphatic rings. The Morgan fingerprint density at radius 1 is 1.12 bits per heavy atom. The lowest BCUT2D eigenvalue weighted by atomic mass is 10.2. The number of hydrogen-bond donors (Lipinski definition) is 2. The quantitative estimate of drug-likeness (QED) is 0.688. The lowest BCUT2D eigenvalue weighted by molar-refractivity contribution is -0.121. The third kappa shape index (κ3) is 3.77. The summed E-state index contributed by atoms with van der Waals surface area (Å²) in [6.45, 7) is 3.71. The number of carbonyl (C=O) groups excluding carboxylic acids is 2. The number of rotatable bonds is 3. The van der Waals surface area contributed by atoms with Crippen LogP contribution in [-0.4, -0.2) is 31.4 Å². The Bertz CT molecular complexity index is 951. The van der Waals surface area contributed by atoms with Gasteiger partial charge in [-0.15, -0.1) is 5.10 Å². The van der Waals surface area contributed by atoms with Crippen molar-refractivity contribution in [2.75, 3.05) is 0 Å². The Morgan fingerprint density at radius 2 is 1.84 bits per heavy atom. The van der Waals surface area contributed by atoms with Gasteiger partial charge in [-0.1, -0.05) is 0 Å². The van der Waals surface area contributed by atoms with Crippen molar-refractivity contribution in [1.82, 2.24) is 30.4 Å². The Kier molecular flexibility index (Phi) is 4.38. The SMILES string of the molecule is Cc1cc(C)n2nc(CC(=O)NNC(=O)c3ccc(F)cc3)nc2n1. The highest BCUT2D eigenvalue weighted by atomic mass is 19.1. The largest absolute Gasteiger partial charge is 0.273 e. The van der Waals surface area contributed by atoms with E-state index in [4.69, 9.17) is 0 Å². The van der Waals surface area contributed by atoms with E-state index in [9.17, 15) is 14.0 Å². The number of hydrogen-bond acceptors (Lipinski definition) is 5. The van der Waals surface area contributed by atoms with Crippen LogP contribution in [0.15, 0.2) is 30.3 Å². The van der Waals surface area contributed by atoms with Gasteiger partial charge in [-0.25, -0.2) is 13.9 Å². The van der Waals surface area contributed by atoms with Crippen LogP contribution < -0.4 is 10.9 Å². The van der Waals surface area contributed by atoms with Crippen molar-refractivity contribution in [1.29, 1.82) is 0 Å². The molecule has 128 valence electrons. The van der Waals surface area contributed by atoms with Crippen molar-refractivity contribution in [3.05, 3.63) is 58.9 Å². The molecular formula is C16H15FN6O2. The van der Waals surface area contributed by atoms with Crippen LogP contribution in [-0.2, 0) is 11.2 Å². The van der Waals surface area contributed by atoms with Gasteiger partial charge in [0.2, 0.25) is 5.91 Å². The number of aryl methyl sites for hydroxylation is 2. The van der Waals surface area contributed by atoms with Crippen LogP contribution in [0.5, 0.6) is 0 Å². The second-order valence-corrected chi connectivity index (χ2v) is 5.46. The monoisotopic (exact) mass is 342 g/mol. The van der Waals surface area contributed by atoms with Crippen molar-refractivity contribution in [3.8, 4) is 0 Å². The summed E-state index contributed by atoms with van der Waals surface area (Å²) in [5.41, 5.74) is 6.41. The van der Waals surface area contributed by atoms with Crippen molar-refractivity contribution in [2.45, 2.75) is 20.3 Å².